The van der Waals surface area contributed by atoms with Gasteiger partial charge in [-0.25, -0.2) is 13.6 Å². The molecule has 0 heterocycles. The monoisotopic (exact) mass is 301 g/mol. The predicted octanol–water partition coefficient (Wildman–Crippen LogP) is 2.45. The van der Waals surface area contributed by atoms with Gasteiger partial charge in [0.1, 0.15) is 13.0 Å². The minimum absolute atomic E-state index is 0.00735. The van der Waals surface area contributed by atoms with Gasteiger partial charge in [-0.1, -0.05) is 30.3 Å². The van der Waals surface area contributed by atoms with E-state index in [9.17, 15) is 18.4 Å². The van der Waals surface area contributed by atoms with Gasteiger partial charge in [0, 0.05) is 7.05 Å². The molecule has 0 N–H and O–H groups in total. The summed E-state index contributed by atoms with van der Waals surface area (Å²) in [6, 6.07) is 8.86. The molecule has 1 amide bonds. The summed E-state index contributed by atoms with van der Waals surface area (Å²) < 4.78 is 36.1. The Hall–Kier alpha value is -2.18. The van der Waals surface area contributed by atoms with Gasteiger partial charge in [0.2, 0.25) is 0 Å². The molecule has 0 saturated heterocycles. The standard InChI is InChI=1S/C14H17F2NO4/c1-17(10-14(15,16)8-12(18)20-2)13(19)21-9-11-6-4-3-5-7-11/h3-7H,8-10H2,1-2H3. The quantitative estimate of drug-likeness (QED) is 0.757. The van der Waals surface area contributed by atoms with Gasteiger partial charge in [-0.2, -0.15) is 0 Å². The smallest absolute Gasteiger partial charge is 0.410 e. The van der Waals surface area contributed by atoms with E-state index in [1.54, 1.807) is 24.3 Å². The fourth-order valence-electron chi connectivity index (χ4n) is 1.58. The van der Waals surface area contributed by atoms with Crippen LogP contribution in [-0.2, 0) is 20.9 Å². The van der Waals surface area contributed by atoms with Gasteiger partial charge in [0.15, 0.2) is 0 Å². The normalized spacial score (nSPS) is 10.9. The summed E-state index contributed by atoms with van der Waals surface area (Å²) in [5, 5.41) is 0. The first-order chi connectivity index (χ1) is 9.84. The van der Waals surface area contributed by atoms with Crippen molar-refractivity contribution in [2.45, 2.75) is 19.0 Å². The number of hydrogen-bond acceptors (Lipinski definition) is 4. The number of amides is 1. The van der Waals surface area contributed by atoms with Gasteiger partial charge in [0.25, 0.3) is 5.92 Å². The maximum atomic E-state index is 13.5. The summed E-state index contributed by atoms with van der Waals surface area (Å²) in [7, 11) is 2.20. The first kappa shape index (κ1) is 16.9. The van der Waals surface area contributed by atoms with Crippen LogP contribution in [0.1, 0.15) is 12.0 Å². The lowest BCUT2D eigenvalue weighted by molar-refractivity contribution is -0.149. The third kappa shape index (κ3) is 6.20. The fraction of sp³-hybridized carbons (Fsp3) is 0.429. The zero-order valence-electron chi connectivity index (χ0n) is 11.8. The highest BCUT2D eigenvalue weighted by molar-refractivity contribution is 5.71. The molecule has 0 aliphatic heterocycles. The van der Waals surface area contributed by atoms with Gasteiger partial charge in [-0.05, 0) is 5.56 Å². The van der Waals surface area contributed by atoms with Crippen molar-refractivity contribution in [3.8, 4) is 0 Å². The summed E-state index contributed by atoms with van der Waals surface area (Å²) in [5.74, 6) is -4.40. The molecule has 0 radical (unpaired) electrons. The Bertz CT molecular complexity index is 479. The molecule has 0 bridgehead atoms. The molecule has 0 fully saturated rings. The Morgan fingerprint density at radius 2 is 1.86 bits per heavy atom. The number of nitrogens with zero attached hydrogens (tertiary/aromatic N) is 1. The van der Waals surface area contributed by atoms with E-state index in [-0.39, 0.29) is 6.61 Å². The average Bonchev–Trinajstić information content (AvgIpc) is 2.44. The second-order valence-electron chi connectivity index (χ2n) is 4.51. The van der Waals surface area contributed by atoms with Gasteiger partial charge in [0.05, 0.1) is 13.7 Å². The minimum Gasteiger partial charge on any atom is -0.469 e. The molecule has 5 nitrogen and oxygen atoms in total. The third-order valence-electron chi connectivity index (χ3n) is 2.62. The van der Waals surface area contributed by atoms with Crippen LogP contribution < -0.4 is 0 Å². The maximum Gasteiger partial charge on any atom is 0.410 e. The van der Waals surface area contributed by atoms with Crippen LogP contribution in [-0.4, -0.2) is 43.6 Å². The molecule has 7 heteroatoms. The van der Waals surface area contributed by atoms with Crippen LogP contribution >= 0.6 is 0 Å². The first-order valence-corrected chi connectivity index (χ1v) is 6.20. The summed E-state index contributed by atoms with van der Waals surface area (Å²) in [6.45, 7) is -0.928. The third-order valence-corrected chi connectivity index (χ3v) is 2.62. The SMILES string of the molecule is COC(=O)CC(F)(F)CN(C)C(=O)OCc1ccccc1. The summed E-state index contributed by atoms with van der Waals surface area (Å²) in [4.78, 5) is 23.2. The maximum absolute atomic E-state index is 13.5. The van der Waals surface area contributed by atoms with E-state index in [4.69, 9.17) is 4.74 Å². The second-order valence-corrected chi connectivity index (χ2v) is 4.51. The number of ether oxygens (including phenoxy) is 2. The molecular weight excluding hydrogens is 284 g/mol. The fourth-order valence-corrected chi connectivity index (χ4v) is 1.58. The van der Waals surface area contributed by atoms with Crippen LogP contribution in [0.4, 0.5) is 13.6 Å². The van der Waals surface area contributed by atoms with Gasteiger partial charge < -0.3 is 14.4 Å². The highest BCUT2D eigenvalue weighted by Gasteiger charge is 2.36. The molecule has 1 aromatic rings. The number of benzene rings is 1. The van der Waals surface area contributed by atoms with Crippen LogP contribution in [0.15, 0.2) is 30.3 Å². The molecule has 0 saturated carbocycles. The van der Waals surface area contributed by atoms with Gasteiger partial charge >= 0.3 is 12.1 Å². The topological polar surface area (TPSA) is 55.8 Å². The van der Waals surface area contributed by atoms with Crippen molar-refractivity contribution >= 4 is 12.1 Å². The van der Waals surface area contributed by atoms with E-state index in [1.165, 1.54) is 7.05 Å². The molecular formula is C14H17F2NO4. The zero-order valence-corrected chi connectivity index (χ0v) is 11.8. The largest absolute Gasteiger partial charge is 0.469 e. The highest BCUT2D eigenvalue weighted by Crippen LogP contribution is 2.20. The molecule has 0 unspecified atom stereocenters. The van der Waals surface area contributed by atoms with Crippen LogP contribution in [0.3, 0.4) is 0 Å². The Labute approximate surface area is 121 Å². The van der Waals surface area contributed by atoms with Crippen molar-refractivity contribution in [3.63, 3.8) is 0 Å². The Morgan fingerprint density at radius 3 is 2.43 bits per heavy atom. The second kappa shape index (κ2) is 7.56. The number of hydrogen-bond donors (Lipinski definition) is 0. The lowest BCUT2D eigenvalue weighted by atomic mass is 10.2. The van der Waals surface area contributed by atoms with E-state index in [2.05, 4.69) is 4.74 Å². The molecule has 0 spiro atoms. The summed E-state index contributed by atoms with van der Waals surface area (Å²) in [5.41, 5.74) is 0.751. The first-order valence-electron chi connectivity index (χ1n) is 6.20. The Kier molecular flexibility index (Phi) is 6.08. The van der Waals surface area contributed by atoms with Gasteiger partial charge in [-0.15, -0.1) is 0 Å². The van der Waals surface area contributed by atoms with Crippen LogP contribution in [0, 0.1) is 0 Å². The van der Waals surface area contributed by atoms with Crippen LogP contribution in [0.5, 0.6) is 0 Å². The van der Waals surface area contributed by atoms with E-state index < -0.39 is 31.0 Å². The number of alkyl halides is 2. The molecule has 1 aromatic carbocycles. The van der Waals surface area contributed by atoms with Crippen LogP contribution in [0.2, 0.25) is 0 Å². The summed E-state index contributed by atoms with van der Waals surface area (Å²) >= 11 is 0. The molecule has 0 aromatic heterocycles. The van der Waals surface area contributed by atoms with E-state index in [1.807, 2.05) is 6.07 Å². The lowest BCUT2D eigenvalue weighted by Gasteiger charge is -2.22. The van der Waals surface area contributed by atoms with E-state index in [0.29, 0.717) is 0 Å². The Morgan fingerprint density at radius 1 is 1.24 bits per heavy atom. The van der Waals surface area contributed by atoms with E-state index >= 15 is 0 Å². The van der Waals surface area contributed by atoms with E-state index in [0.717, 1.165) is 17.6 Å². The number of rotatable bonds is 6. The van der Waals surface area contributed by atoms with Crippen molar-refractivity contribution in [1.29, 1.82) is 0 Å². The highest BCUT2D eigenvalue weighted by atomic mass is 19.3. The molecule has 0 atom stereocenters. The van der Waals surface area contributed by atoms with Crippen molar-refractivity contribution in [3.05, 3.63) is 35.9 Å². The minimum atomic E-state index is -3.37. The molecule has 116 valence electrons. The van der Waals surface area contributed by atoms with Crippen molar-refractivity contribution in [2.75, 3.05) is 20.7 Å². The number of esters is 1. The summed E-state index contributed by atoms with van der Waals surface area (Å²) in [6.07, 6.45) is -1.97. The number of halogens is 2. The number of methoxy groups -OCH3 is 1. The number of carbonyl (C=O) groups is 2. The predicted molar refractivity (Wildman–Crippen MR) is 70.8 cm³/mol. The van der Waals surface area contributed by atoms with Crippen molar-refractivity contribution in [1.82, 2.24) is 4.90 Å². The average molecular weight is 301 g/mol. The Balaban J connectivity index is 2.45. The van der Waals surface area contributed by atoms with Crippen molar-refractivity contribution < 1.29 is 27.8 Å². The lowest BCUT2D eigenvalue weighted by Crippen LogP contribution is -2.39. The molecule has 21 heavy (non-hydrogen) atoms. The molecule has 1 rings (SSSR count). The molecule has 0 aliphatic carbocycles. The van der Waals surface area contributed by atoms with Crippen molar-refractivity contribution in [2.24, 2.45) is 0 Å². The zero-order chi connectivity index (χ0) is 15.9. The number of carbonyl (C=O) groups excluding carboxylic acids is 2. The van der Waals surface area contributed by atoms with Gasteiger partial charge in [-0.3, -0.25) is 4.79 Å². The molecule has 0 aliphatic rings. The van der Waals surface area contributed by atoms with Crippen LogP contribution in [0.25, 0.3) is 0 Å².